The summed E-state index contributed by atoms with van der Waals surface area (Å²) in [5.74, 6) is 1.82. The second-order valence-corrected chi connectivity index (χ2v) is 6.88. The fourth-order valence-corrected chi connectivity index (χ4v) is 2.52. The Morgan fingerprint density at radius 3 is 2.61 bits per heavy atom. The zero-order valence-corrected chi connectivity index (χ0v) is 19.5. The van der Waals surface area contributed by atoms with Gasteiger partial charge in [-0.05, 0) is 30.0 Å². The summed E-state index contributed by atoms with van der Waals surface area (Å²) in [5.41, 5.74) is 2.75. The van der Waals surface area contributed by atoms with E-state index < -0.39 is 0 Å². The highest BCUT2D eigenvalue weighted by molar-refractivity contribution is 14.0. The van der Waals surface area contributed by atoms with Crippen LogP contribution in [0.1, 0.15) is 47.1 Å². The number of rotatable bonds is 7. The molecule has 28 heavy (non-hydrogen) atoms. The molecule has 0 aliphatic rings. The molecule has 2 N–H and O–H groups in total. The number of hydrogen-bond acceptors (Lipinski definition) is 4. The van der Waals surface area contributed by atoms with Crippen molar-refractivity contribution in [2.24, 2.45) is 4.99 Å². The molecule has 0 saturated heterocycles. The molecule has 1 amide bonds. The molecule has 0 aliphatic heterocycles. The number of carbonyl (C=O) groups is 1. The molecular weight excluding hydrogens is 469 g/mol. The lowest BCUT2D eigenvalue weighted by molar-refractivity contribution is 0.0827. The van der Waals surface area contributed by atoms with Gasteiger partial charge in [0.15, 0.2) is 11.7 Å². The minimum absolute atomic E-state index is 0. The van der Waals surface area contributed by atoms with Crippen LogP contribution in [0.2, 0.25) is 0 Å². The first-order valence-corrected chi connectivity index (χ1v) is 9.11. The van der Waals surface area contributed by atoms with E-state index in [1.807, 2.05) is 30.3 Å². The zero-order chi connectivity index (χ0) is 19.8. The molecule has 0 fully saturated rings. The van der Waals surface area contributed by atoms with Crippen LogP contribution in [0.4, 0.5) is 0 Å². The lowest BCUT2D eigenvalue weighted by Gasteiger charge is -2.12. The number of aromatic nitrogens is 1. The lowest BCUT2D eigenvalue weighted by Crippen LogP contribution is -2.37. The van der Waals surface area contributed by atoms with Crippen molar-refractivity contribution in [2.45, 2.75) is 32.7 Å². The van der Waals surface area contributed by atoms with Crippen molar-refractivity contribution >= 4 is 35.8 Å². The van der Waals surface area contributed by atoms with Crippen LogP contribution in [0, 0.1) is 0 Å². The molecule has 7 nitrogen and oxygen atoms in total. The molecule has 2 aromatic rings. The van der Waals surface area contributed by atoms with E-state index in [1.54, 1.807) is 26.0 Å². The molecule has 0 saturated carbocycles. The third-order valence-electron chi connectivity index (χ3n) is 4.11. The first-order chi connectivity index (χ1) is 12.9. The number of nitrogens with zero attached hydrogens (tertiary/aromatic N) is 3. The van der Waals surface area contributed by atoms with Crippen LogP contribution >= 0.6 is 24.0 Å². The van der Waals surface area contributed by atoms with Gasteiger partial charge in [0.05, 0.1) is 12.2 Å². The summed E-state index contributed by atoms with van der Waals surface area (Å²) < 4.78 is 5.32. The Balaban J connectivity index is 0.00000392. The number of amides is 1. The Morgan fingerprint density at radius 1 is 1.25 bits per heavy atom. The summed E-state index contributed by atoms with van der Waals surface area (Å²) >= 11 is 0. The van der Waals surface area contributed by atoms with Crippen molar-refractivity contribution in [2.75, 3.05) is 27.7 Å². The summed E-state index contributed by atoms with van der Waals surface area (Å²) in [4.78, 5) is 17.9. The molecule has 0 bridgehead atoms. The van der Waals surface area contributed by atoms with E-state index >= 15 is 0 Å². The summed E-state index contributed by atoms with van der Waals surface area (Å²) in [5, 5.41) is 10.5. The van der Waals surface area contributed by atoms with Crippen molar-refractivity contribution < 1.29 is 9.32 Å². The van der Waals surface area contributed by atoms with E-state index in [-0.39, 0.29) is 29.9 Å². The topological polar surface area (TPSA) is 82.8 Å². The molecule has 0 aliphatic carbocycles. The van der Waals surface area contributed by atoms with Gasteiger partial charge in [0.2, 0.25) is 0 Å². The largest absolute Gasteiger partial charge is 0.359 e. The van der Waals surface area contributed by atoms with E-state index in [0.29, 0.717) is 30.5 Å². The minimum atomic E-state index is 0. The predicted octanol–water partition coefficient (Wildman–Crippen LogP) is 3.03. The third kappa shape index (κ3) is 7.14. The van der Waals surface area contributed by atoms with Crippen LogP contribution in [-0.4, -0.2) is 49.6 Å². The number of aliphatic imine (C=N–C) groups is 1. The highest BCUT2D eigenvalue weighted by atomic mass is 127. The summed E-state index contributed by atoms with van der Waals surface area (Å²) in [7, 11) is 5.24. The van der Waals surface area contributed by atoms with Gasteiger partial charge < -0.3 is 20.1 Å². The molecule has 0 atom stereocenters. The molecule has 2 rings (SSSR count). The lowest BCUT2D eigenvalue weighted by atomic mass is 10.1. The van der Waals surface area contributed by atoms with Gasteiger partial charge in [0, 0.05) is 39.3 Å². The maximum Gasteiger partial charge on any atom is 0.253 e. The molecule has 154 valence electrons. The SMILES string of the molecule is CN=C(NCCc1cccc(C(=O)N(C)C)c1)NCc1cc(C(C)C)no1.I. The molecule has 1 aromatic heterocycles. The monoisotopic (exact) mass is 499 g/mol. The number of guanidine groups is 1. The second-order valence-electron chi connectivity index (χ2n) is 6.88. The van der Waals surface area contributed by atoms with Gasteiger partial charge in [-0.3, -0.25) is 9.79 Å². The fourth-order valence-electron chi connectivity index (χ4n) is 2.52. The van der Waals surface area contributed by atoms with Crippen molar-refractivity contribution in [3.8, 4) is 0 Å². The highest BCUT2D eigenvalue weighted by Crippen LogP contribution is 2.13. The van der Waals surface area contributed by atoms with E-state index in [2.05, 4.69) is 34.6 Å². The first-order valence-electron chi connectivity index (χ1n) is 9.11. The Hall–Kier alpha value is -2.10. The van der Waals surface area contributed by atoms with Crippen LogP contribution in [0.15, 0.2) is 39.8 Å². The number of nitrogens with one attached hydrogen (secondary N) is 2. The number of hydrogen-bond donors (Lipinski definition) is 2. The van der Waals surface area contributed by atoms with Gasteiger partial charge in [0.1, 0.15) is 0 Å². The smallest absolute Gasteiger partial charge is 0.253 e. The van der Waals surface area contributed by atoms with Crippen LogP contribution in [0.25, 0.3) is 0 Å². The minimum Gasteiger partial charge on any atom is -0.359 e. The Kier molecular flexibility index (Phi) is 9.98. The molecule has 1 aromatic carbocycles. The van der Waals surface area contributed by atoms with Gasteiger partial charge in [-0.25, -0.2) is 0 Å². The molecular formula is C20H30IN5O2. The van der Waals surface area contributed by atoms with Crippen molar-refractivity contribution in [3.63, 3.8) is 0 Å². The predicted molar refractivity (Wildman–Crippen MR) is 122 cm³/mol. The molecule has 0 unspecified atom stereocenters. The van der Waals surface area contributed by atoms with Gasteiger partial charge in [-0.15, -0.1) is 24.0 Å². The molecule has 0 radical (unpaired) electrons. The Bertz CT molecular complexity index is 786. The van der Waals surface area contributed by atoms with Crippen LogP contribution in [0.5, 0.6) is 0 Å². The average Bonchev–Trinajstić information content (AvgIpc) is 3.13. The van der Waals surface area contributed by atoms with Gasteiger partial charge in [-0.2, -0.15) is 0 Å². The summed E-state index contributed by atoms with van der Waals surface area (Å²) in [6.07, 6.45) is 0.787. The average molecular weight is 499 g/mol. The third-order valence-corrected chi connectivity index (χ3v) is 4.11. The van der Waals surface area contributed by atoms with Gasteiger partial charge in [0.25, 0.3) is 5.91 Å². The molecule has 1 heterocycles. The van der Waals surface area contributed by atoms with Crippen molar-refractivity contribution in [1.82, 2.24) is 20.7 Å². The maximum absolute atomic E-state index is 12.1. The maximum atomic E-state index is 12.1. The van der Waals surface area contributed by atoms with E-state index in [9.17, 15) is 4.79 Å². The zero-order valence-electron chi connectivity index (χ0n) is 17.2. The van der Waals surface area contributed by atoms with Crippen LogP contribution in [-0.2, 0) is 13.0 Å². The van der Waals surface area contributed by atoms with E-state index in [0.717, 1.165) is 23.4 Å². The summed E-state index contributed by atoms with van der Waals surface area (Å²) in [6, 6.07) is 9.66. The molecule has 8 heteroatoms. The van der Waals surface area contributed by atoms with Crippen LogP contribution in [0.3, 0.4) is 0 Å². The summed E-state index contributed by atoms with van der Waals surface area (Å²) in [6.45, 7) is 5.38. The first kappa shape index (κ1) is 23.9. The van der Waals surface area contributed by atoms with Crippen molar-refractivity contribution in [3.05, 3.63) is 52.9 Å². The second kappa shape index (κ2) is 11.7. The quantitative estimate of drug-likeness (QED) is 0.348. The number of halogens is 1. The number of carbonyl (C=O) groups excluding carboxylic acids is 1. The fraction of sp³-hybridized carbons (Fsp3) is 0.450. The van der Waals surface area contributed by atoms with E-state index in [4.69, 9.17) is 4.52 Å². The Labute approximate surface area is 184 Å². The van der Waals surface area contributed by atoms with Gasteiger partial charge >= 0.3 is 0 Å². The normalized spacial score (nSPS) is 11.1. The Morgan fingerprint density at radius 2 is 2.00 bits per heavy atom. The van der Waals surface area contributed by atoms with Crippen molar-refractivity contribution in [1.29, 1.82) is 0 Å². The molecule has 0 spiro atoms. The van der Waals surface area contributed by atoms with Crippen LogP contribution < -0.4 is 10.6 Å². The van der Waals surface area contributed by atoms with E-state index in [1.165, 1.54) is 0 Å². The number of benzene rings is 1. The van der Waals surface area contributed by atoms with Gasteiger partial charge in [-0.1, -0.05) is 31.1 Å². The highest BCUT2D eigenvalue weighted by Gasteiger charge is 2.09. The standard InChI is InChI=1S/C20H29N5O2.HI/c1-14(2)18-12-17(27-24-18)13-23-20(21-3)22-10-9-15-7-6-8-16(11-15)19(26)25(4)5;/h6-8,11-12,14H,9-10,13H2,1-5H3,(H2,21,22,23);1H.